The highest BCUT2D eigenvalue weighted by atomic mass is 16.6. The Labute approximate surface area is 117 Å². The fourth-order valence-corrected chi connectivity index (χ4v) is 1.75. The quantitative estimate of drug-likeness (QED) is 0.537. The molecule has 8 heteroatoms. The van der Waals surface area contributed by atoms with Gasteiger partial charge in [-0.15, -0.1) is 0 Å². The highest BCUT2D eigenvalue weighted by molar-refractivity contribution is 5.56. The van der Waals surface area contributed by atoms with Crippen molar-refractivity contribution in [2.45, 2.75) is 33.3 Å². The molecular formula is C12H21N5O3. The molecule has 1 rings (SSSR count). The van der Waals surface area contributed by atoms with Gasteiger partial charge in [0.05, 0.1) is 11.0 Å². The zero-order valence-electron chi connectivity index (χ0n) is 12.2. The molecule has 0 aliphatic rings. The van der Waals surface area contributed by atoms with E-state index in [-0.39, 0.29) is 29.4 Å². The molecule has 0 aliphatic heterocycles. The number of aliphatic hydroxyl groups excluding tert-OH is 1. The van der Waals surface area contributed by atoms with Crippen LogP contribution in [-0.2, 0) is 0 Å². The summed E-state index contributed by atoms with van der Waals surface area (Å²) >= 11 is 0. The maximum Gasteiger partial charge on any atom is 0.329 e. The van der Waals surface area contributed by atoms with E-state index in [1.165, 1.54) is 0 Å². The van der Waals surface area contributed by atoms with Crippen molar-refractivity contribution >= 4 is 17.5 Å². The number of nitro groups is 1. The maximum atomic E-state index is 10.9. The molecule has 0 saturated carbocycles. The minimum Gasteiger partial charge on any atom is -0.391 e. The van der Waals surface area contributed by atoms with Crippen LogP contribution in [0, 0.1) is 15.5 Å². The van der Waals surface area contributed by atoms with Crippen LogP contribution in [0.2, 0.25) is 0 Å². The Kier molecular flexibility index (Phi) is 5.20. The first-order chi connectivity index (χ1) is 9.23. The van der Waals surface area contributed by atoms with E-state index in [9.17, 15) is 15.2 Å². The van der Waals surface area contributed by atoms with Crippen LogP contribution in [0.25, 0.3) is 0 Å². The average Bonchev–Trinajstić information content (AvgIpc) is 2.33. The molecule has 1 unspecified atom stereocenters. The van der Waals surface area contributed by atoms with E-state index in [2.05, 4.69) is 20.6 Å². The third-order valence-electron chi connectivity index (χ3n) is 2.54. The number of hydrogen-bond donors (Lipinski definition) is 3. The topological polar surface area (TPSA) is 113 Å². The second-order valence-electron chi connectivity index (χ2n) is 5.73. The third kappa shape index (κ3) is 4.96. The second-order valence-corrected chi connectivity index (χ2v) is 5.73. The van der Waals surface area contributed by atoms with Crippen LogP contribution < -0.4 is 10.6 Å². The fraction of sp³-hybridized carbons (Fsp3) is 0.667. The van der Waals surface area contributed by atoms with Crippen LogP contribution in [0.5, 0.6) is 0 Å². The van der Waals surface area contributed by atoms with E-state index >= 15 is 0 Å². The molecule has 1 aromatic rings. The number of nitrogens with one attached hydrogen (secondary N) is 2. The van der Waals surface area contributed by atoms with E-state index in [0.717, 1.165) is 6.20 Å². The Balaban J connectivity index is 2.77. The van der Waals surface area contributed by atoms with Crippen molar-refractivity contribution in [3.63, 3.8) is 0 Å². The molecule has 0 saturated heterocycles. The molecule has 0 fully saturated rings. The van der Waals surface area contributed by atoms with Gasteiger partial charge in [0.1, 0.15) is 6.20 Å². The van der Waals surface area contributed by atoms with Gasteiger partial charge in [-0.3, -0.25) is 10.1 Å². The SMILES string of the molecule is CNc1ncc([N+](=O)[O-])c(NCC(O)CC(C)(C)C)n1. The van der Waals surface area contributed by atoms with Gasteiger partial charge >= 0.3 is 5.69 Å². The molecule has 3 N–H and O–H groups in total. The lowest BCUT2D eigenvalue weighted by molar-refractivity contribution is -0.384. The van der Waals surface area contributed by atoms with Gasteiger partial charge in [0, 0.05) is 13.6 Å². The standard InChI is InChI=1S/C12H21N5O3/c1-12(2,3)5-8(18)6-14-10-9(17(19)20)7-15-11(13-4)16-10/h7-8,18H,5-6H2,1-4H3,(H2,13,14,15,16). The number of aliphatic hydroxyl groups is 1. The smallest absolute Gasteiger partial charge is 0.329 e. The van der Waals surface area contributed by atoms with E-state index in [1.807, 2.05) is 20.8 Å². The zero-order valence-corrected chi connectivity index (χ0v) is 12.2. The summed E-state index contributed by atoms with van der Waals surface area (Å²) in [5.74, 6) is 0.380. The maximum absolute atomic E-state index is 10.9. The molecule has 0 bridgehead atoms. The minimum atomic E-state index is -0.609. The zero-order chi connectivity index (χ0) is 15.3. The molecule has 20 heavy (non-hydrogen) atoms. The van der Waals surface area contributed by atoms with Crippen LogP contribution in [0.4, 0.5) is 17.5 Å². The van der Waals surface area contributed by atoms with Crippen molar-refractivity contribution in [3.05, 3.63) is 16.3 Å². The lowest BCUT2D eigenvalue weighted by Crippen LogP contribution is -2.25. The summed E-state index contributed by atoms with van der Waals surface area (Å²) < 4.78 is 0. The van der Waals surface area contributed by atoms with Gasteiger partial charge < -0.3 is 15.7 Å². The molecule has 0 aromatic carbocycles. The van der Waals surface area contributed by atoms with Crippen LogP contribution >= 0.6 is 0 Å². The monoisotopic (exact) mass is 283 g/mol. The molecule has 0 amide bonds. The third-order valence-corrected chi connectivity index (χ3v) is 2.54. The summed E-state index contributed by atoms with van der Waals surface area (Å²) in [5.41, 5.74) is -0.235. The number of aromatic nitrogens is 2. The summed E-state index contributed by atoms with van der Waals surface area (Å²) in [6.45, 7) is 6.24. The van der Waals surface area contributed by atoms with E-state index in [1.54, 1.807) is 7.05 Å². The van der Waals surface area contributed by atoms with E-state index in [0.29, 0.717) is 6.42 Å². The number of hydrogen-bond acceptors (Lipinski definition) is 7. The highest BCUT2D eigenvalue weighted by Crippen LogP contribution is 2.24. The van der Waals surface area contributed by atoms with Gasteiger partial charge in [0.25, 0.3) is 0 Å². The van der Waals surface area contributed by atoms with Gasteiger partial charge in [-0.2, -0.15) is 4.98 Å². The van der Waals surface area contributed by atoms with Crippen molar-refractivity contribution in [2.75, 3.05) is 24.2 Å². The van der Waals surface area contributed by atoms with Crippen LogP contribution in [-0.4, -0.2) is 39.7 Å². The van der Waals surface area contributed by atoms with Crippen molar-refractivity contribution in [2.24, 2.45) is 5.41 Å². The lowest BCUT2D eigenvalue weighted by Gasteiger charge is -2.22. The molecule has 1 heterocycles. The van der Waals surface area contributed by atoms with Gasteiger partial charge in [-0.25, -0.2) is 4.98 Å². The van der Waals surface area contributed by atoms with E-state index in [4.69, 9.17) is 0 Å². The minimum absolute atomic E-state index is 0.0190. The van der Waals surface area contributed by atoms with Gasteiger partial charge in [0.2, 0.25) is 11.8 Å². The Morgan fingerprint density at radius 2 is 2.15 bits per heavy atom. The van der Waals surface area contributed by atoms with Crippen molar-refractivity contribution in [3.8, 4) is 0 Å². The molecule has 112 valence electrons. The summed E-state index contributed by atoms with van der Waals surface area (Å²) in [6, 6.07) is 0. The van der Waals surface area contributed by atoms with Gasteiger partial charge in [0.15, 0.2) is 0 Å². The van der Waals surface area contributed by atoms with E-state index < -0.39 is 11.0 Å². The first-order valence-electron chi connectivity index (χ1n) is 6.34. The highest BCUT2D eigenvalue weighted by Gasteiger charge is 2.20. The Bertz CT molecular complexity index is 473. The summed E-state index contributed by atoms with van der Waals surface area (Å²) in [5, 5.41) is 26.3. The predicted octanol–water partition coefficient (Wildman–Crippen LogP) is 1.64. The molecule has 8 nitrogen and oxygen atoms in total. The molecule has 0 radical (unpaired) electrons. The first-order valence-corrected chi connectivity index (χ1v) is 6.34. The normalized spacial score (nSPS) is 12.8. The summed E-state index contributed by atoms with van der Waals surface area (Å²) in [6.07, 6.45) is 1.11. The van der Waals surface area contributed by atoms with Crippen LogP contribution in [0.3, 0.4) is 0 Å². The molecule has 0 aliphatic carbocycles. The van der Waals surface area contributed by atoms with Gasteiger partial charge in [-0.1, -0.05) is 20.8 Å². The Morgan fingerprint density at radius 1 is 1.50 bits per heavy atom. The molecule has 1 atom stereocenters. The van der Waals surface area contributed by atoms with Crippen LogP contribution in [0.15, 0.2) is 6.20 Å². The van der Waals surface area contributed by atoms with Crippen molar-refractivity contribution in [1.29, 1.82) is 0 Å². The van der Waals surface area contributed by atoms with Crippen molar-refractivity contribution < 1.29 is 10.0 Å². The first kappa shape index (κ1) is 16.1. The lowest BCUT2D eigenvalue weighted by atomic mass is 9.89. The average molecular weight is 283 g/mol. The Morgan fingerprint density at radius 3 is 2.65 bits per heavy atom. The van der Waals surface area contributed by atoms with Crippen molar-refractivity contribution in [1.82, 2.24) is 9.97 Å². The molecule has 0 spiro atoms. The largest absolute Gasteiger partial charge is 0.391 e. The molecular weight excluding hydrogens is 262 g/mol. The predicted molar refractivity (Wildman–Crippen MR) is 76.8 cm³/mol. The molecule has 1 aromatic heterocycles. The van der Waals surface area contributed by atoms with Gasteiger partial charge in [-0.05, 0) is 11.8 Å². The number of nitrogens with zero attached hydrogens (tertiary/aromatic N) is 3. The fourth-order valence-electron chi connectivity index (χ4n) is 1.75. The number of anilines is 2. The van der Waals surface area contributed by atoms with Crippen LogP contribution in [0.1, 0.15) is 27.2 Å². The Hall–Kier alpha value is -1.96. The summed E-state index contributed by atoms with van der Waals surface area (Å²) in [4.78, 5) is 18.1. The number of rotatable bonds is 6. The summed E-state index contributed by atoms with van der Waals surface area (Å²) in [7, 11) is 1.62. The second kappa shape index (κ2) is 6.47.